The van der Waals surface area contributed by atoms with Gasteiger partial charge in [-0.15, -0.1) is 3.89 Å². The fourth-order valence-corrected chi connectivity index (χ4v) is 2.06. The van der Waals surface area contributed by atoms with Crippen molar-refractivity contribution in [2.75, 3.05) is 5.75 Å². The number of rotatable bonds is 2. The third-order valence-electron chi connectivity index (χ3n) is 1.86. The molecule has 1 aliphatic carbocycles. The van der Waals surface area contributed by atoms with E-state index in [1.54, 1.807) is 0 Å². The Hall–Kier alpha value is -0.260. The summed E-state index contributed by atoms with van der Waals surface area (Å²) < 4.78 is 56.4. The van der Waals surface area contributed by atoms with Crippen LogP contribution >= 0.6 is 0 Å². The second-order valence-corrected chi connectivity index (χ2v) is 4.49. The summed E-state index contributed by atoms with van der Waals surface area (Å²) in [5.74, 6) is -4.08. The Kier molecular flexibility index (Phi) is 1.53. The van der Waals surface area contributed by atoms with Crippen molar-refractivity contribution in [2.45, 2.75) is 19.3 Å². The molecule has 0 aromatic heterocycles. The van der Waals surface area contributed by atoms with E-state index in [1.807, 2.05) is 0 Å². The lowest BCUT2D eigenvalue weighted by molar-refractivity contribution is 0.0767. The van der Waals surface area contributed by atoms with Gasteiger partial charge in [-0.2, -0.15) is 8.42 Å². The maximum absolute atomic E-state index is 12.3. The van der Waals surface area contributed by atoms with Gasteiger partial charge in [0, 0.05) is 6.42 Å². The summed E-state index contributed by atoms with van der Waals surface area (Å²) in [6.45, 7) is 1.06. The van der Waals surface area contributed by atoms with Crippen molar-refractivity contribution in [3.05, 3.63) is 0 Å². The van der Waals surface area contributed by atoms with Crippen LogP contribution in [-0.4, -0.2) is 20.1 Å². The molecule has 0 spiro atoms. The molecule has 0 radical (unpaired) electrons. The van der Waals surface area contributed by atoms with Gasteiger partial charge in [-0.25, -0.2) is 8.78 Å². The van der Waals surface area contributed by atoms with Gasteiger partial charge in [0.1, 0.15) is 0 Å². The average Bonchev–Trinajstić information content (AvgIpc) is 1.96. The summed E-state index contributed by atoms with van der Waals surface area (Å²) in [4.78, 5) is 0. The van der Waals surface area contributed by atoms with Crippen LogP contribution in [0.25, 0.3) is 0 Å². The molecule has 0 saturated heterocycles. The van der Waals surface area contributed by atoms with E-state index in [4.69, 9.17) is 0 Å². The van der Waals surface area contributed by atoms with E-state index in [1.165, 1.54) is 0 Å². The second-order valence-electron chi connectivity index (χ2n) is 3.13. The molecular formula is C5H7F3O2S. The third kappa shape index (κ3) is 1.66. The lowest BCUT2D eigenvalue weighted by Crippen LogP contribution is -2.16. The van der Waals surface area contributed by atoms with Gasteiger partial charge in [0.2, 0.25) is 0 Å². The molecule has 0 aromatic rings. The van der Waals surface area contributed by atoms with Crippen molar-refractivity contribution in [2.24, 2.45) is 5.41 Å². The first kappa shape index (κ1) is 8.83. The lowest BCUT2D eigenvalue weighted by atomic mass is 10.2. The molecule has 0 bridgehead atoms. The molecule has 0 aliphatic heterocycles. The standard InChI is InChI=1S/C5H7F3O2S/c1-4(2-5(4,6)7)3-11(8,9)10/h2-3H2,1H3. The Labute approximate surface area is 62.6 Å². The summed E-state index contributed by atoms with van der Waals surface area (Å²) in [7, 11) is -4.77. The number of halogens is 3. The molecule has 66 valence electrons. The molecule has 1 saturated carbocycles. The quantitative estimate of drug-likeness (QED) is 0.612. The molecule has 0 N–H and O–H groups in total. The topological polar surface area (TPSA) is 34.1 Å². The van der Waals surface area contributed by atoms with Crippen molar-refractivity contribution < 1.29 is 21.1 Å². The summed E-state index contributed by atoms with van der Waals surface area (Å²) in [6.07, 6.45) is -0.539. The van der Waals surface area contributed by atoms with Gasteiger partial charge in [-0.1, -0.05) is 6.92 Å². The normalized spacial score (nSPS) is 35.3. The van der Waals surface area contributed by atoms with E-state index in [2.05, 4.69) is 0 Å². The van der Waals surface area contributed by atoms with E-state index in [9.17, 15) is 21.1 Å². The van der Waals surface area contributed by atoms with Gasteiger partial charge < -0.3 is 0 Å². The SMILES string of the molecule is CC1(CS(=O)(=O)F)CC1(F)F. The molecule has 1 fully saturated rings. The van der Waals surface area contributed by atoms with E-state index < -0.39 is 33.7 Å². The van der Waals surface area contributed by atoms with Crippen LogP contribution in [0.2, 0.25) is 0 Å². The molecule has 11 heavy (non-hydrogen) atoms. The van der Waals surface area contributed by atoms with Gasteiger partial charge in [-0.05, 0) is 0 Å². The summed E-state index contributed by atoms with van der Waals surface area (Å²) >= 11 is 0. The first-order valence-electron chi connectivity index (χ1n) is 2.96. The summed E-state index contributed by atoms with van der Waals surface area (Å²) in [6, 6.07) is 0. The number of hydrogen-bond acceptors (Lipinski definition) is 2. The molecule has 1 rings (SSSR count). The van der Waals surface area contributed by atoms with Gasteiger partial charge in [-0.3, -0.25) is 0 Å². The zero-order valence-electron chi connectivity index (χ0n) is 5.77. The van der Waals surface area contributed by atoms with Gasteiger partial charge in [0.05, 0.1) is 11.2 Å². The predicted octanol–water partition coefficient (Wildman–Crippen LogP) is 1.33. The zero-order valence-corrected chi connectivity index (χ0v) is 6.59. The number of hydrogen-bond donors (Lipinski definition) is 0. The Morgan fingerprint density at radius 2 is 1.82 bits per heavy atom. The van der Waals surface area contributed by atoms with Crippen LogP contribution in [0, 0.1) is 5.41 Å². The molecule has 0 aromatic carbocycles. The second kappa shape index (κ2) is 1.91. The summed E-state index contributed by atoms with van der Waals surface area (Å²) in [5, 5.41) is 0. The van der Waals surface area contributed by atoms with E-state index >= 15 is 0 Å². The largest absolute Gasteiger partial charge is 0.303 e. The van der Waals surface area contributed by atoms with Crippen molar-refractivity contribution >= 4 is 10.2 Å². The monoisotopic (exact) mass is 188 g/mol. The first-order chi connectivity index (χ1) is 4.66. The minimum Gasteiger partial charge on any atom is -0.206 e. The molecular weight excluding hydrogens is 181 g/mol. The van der Waals surface area contributed by atoms with Gasteiger partial charge >= 0.3 is 10.2 Å². The molecule has 1 atom stereocenters. The number of alkyl halides is 2. The highest BCUT2D eigenvalue weighted by atomic mass is 32.3. The fraction of sp³-hybridized carbons (Fsp3) is 1.00. The van der Waals surface area contributed by atoms with Crippen LogP contribution < -0.4 is 0 Å². The van der Waals surface area contributed by atoms with Gasteiger partial charge in [0.15, 0.2) is 0 Å². The maximum atomic E-state index is 12.3. The van der Waals surface area contributed by atoms with Crippen molar-refractivity contribution in [1.82, 2.24) is 0 Å². The van der Waals surface area contributed by atoms with Crippen LogP contribution in [0.15, 0.2) is 0 Å². The Morgan fingerprint density at radius 3 is 1.91 bits per heavy atom. The summed E-state index contributed by atoms with van der Waals surface area (Å²) in [5.41, 5.74) is -1.67. The van der Waals surface area contributed by atoms with E-state index in [0.717, 1.165) is 6.92 Å². The third-order valence-corrected chi connectivity index (χ3v) is 2.84. The van der Waals surface area contributed by atoms with E-state index in [0.29, 0.717) is 0 Å². The highest BCUT2D eigenvalue weighted by molar-refractivity contribution is 7.86. The maximum Gasteiger partial charge on any atom is 0.303 e. The molecule has 2 nitrogen and oxygen atoms in total. The smallest absolute Gasteiger partial charge is 0.206 e. The van der Waals surface area contributed by atoms with Crippen LogP contribution in [0.5, 0.6) is 0 Å². The predicted molar refractivity (Wildman–Crippen MR) is 32.6 cm³/mol. The Bertz CT molecular complexity index is 271. The van der Waals surface area contributed by atoms with Crippen molar-refractivity contribution in [3.8, 4) is 0 Å². The minimum absolute atomic E-state index is 0.539. The van der Waals surface area contributed by atoms with Crippen molar-refractivity contribution in [3.63, 3.8) is 0 Å². The average molecular weight is 188 g/mol. The van der Waals surface area contributed by atoms with Crippen molar-refractivity contribution in [1.29, 1.82) is 0 Å². The van der Waals surface area contributed by atoms with E-state index in [-0.39, 0.29) is 0 Å². The zero-order chi connectivity index (χ0) is 8.91. The van der Waals surface area contributed by atoms with Gasteiger partial charge in [0.25, 0.3) is 5.92 Å². The van der Waals surface area contributed by atoms with Crippen LogP contribution in [0.3, 0.4) is 0 Å². The molecule has 6 heteroatoms. The molecule has 1 unspecified atom stereocenters. The van der Waals surface area contributed by atoms with Crippen LogP contribution in [-0.2, 0) is 10.2 Å². The van der Waals surface area contributed by atoms with Crippen LogP contribution in [0.1, 0.15) is 13.3 Å². The first-order valence-corrected chi connectivity index (χ1v) is 4.52. The van der Waals surface area contributed by atoms with Crippen LogP contribution in [0.4, 0.5) is 12.7 Å². The Morgan fingerprint density at radius 1 is 1.45 bits per heavy atom. The molecule has 0 heterocycles. The molecule has 0 amide bonds. The minimum atomic E-state index is -4.77. The highest BCUT2D eigenvalue weighted by Gasteiger charge is 2.69. The molecule has 1 aliphatic rings. The fourth-order valence-electron chi connectivity index (χ4n) is 0.983. The Balaban J connectivity index is 2.68. The highest BCUT2D eigenvalue weighted by Crippen LogP contribution is 2.60. The lowest BCUT2D eigenvalue weighted by Gasteiger charge is -2.04.